The van der Waals surface area contributed by atoms with Gasteiger partial charge in [0.25, 0.3) is 0 Å². The summed E-state index contributed by atoms with van der Waals surface area (Å²) in [5.74, 6) is 1.58. The number of halogens is 1. The van der Waals surface area contributed by atoms with Gasteiger partial charge in [0, 0.05) is 22.8 Å². The van der Waals surface area contributed by atoms with Crippen LogP contribution in [-0.2, 0) is 21.9 Å². The van der Waals surface area contributed by atoms with Gasteiger partial charge in [-0.2, -0.15) is 0 Å². The number of hydrogen-bond donors (Lipinski definition) is 1. The topological polar surface area (TPSA) is 58.6 Å². The van der Waals surface area contributed by atoms with Crippen molar-refractivity contribution in [3.05, 3.63) is 64.1 Å². The van der Waals surface area contributed by atoms with E-state index in [0.29, 0.717) is 12.3 Å². The van der Waals surface area contributed by atoms with Gasteiger partial charge in [0.2, 0.25) is 11.8 Å². The molecule has 0 unspecified atom stereocenters. The molecule has 0 aromatic heterocycles. The minimum Gasteiger partial charge on any atom is -0.497 e. The van der Waals surface area contributed by atoms with Crippen LogP contribution in [0, 0.1) is 0 Å². The molecule has 2 rings (SSSR count). The van der Waals surface area contributed by atoms with Crippen LogP contribution in [0.3, 0.4) is 0 Å². The van der Waals surface area contributed by atoms with Crippen molar-refractivity contribution in [1.82, 2.24) is 10.2 Å². The number of benzene rings is 2. The van der Waals surface area contributed by atoms with Crippen LogP contribution in [0.15, 0.2) is 53.0 Å². The molecule has 2 atom stereocenters. The van der Waals surface area contributed by atoms with E-state index in [2.05, 4.69) is 21.2 Å². The first-order chi connectivity index (χ1) is 14.8. The lowest BCUT2D eigenvalue weighted by molar-refractivity contribution is -0.138. The predicted molar refractivity (Wildman–Crippen MR) is 131 cm³/mol. The summed E-state index contributed by atoms with van der Waals surface area (Å²) >= 11 is 4.99. The zero-order chi connectivity index (χ0) is 22.8. The molecule has 2 amide bonds. The molecule has 0 aliphatic carbocycles. The number of carbonyl (C=O) groups is 2. The van der Waals surface area contributed by atoms with Gasteiger partial charge in [0.15, 0.2) is 0 Å². The molecule has 1 N–H and O–H groups in total. The summed E-state index contributed by atoms with van der Waals surface area (Å²) in [4.78, 5) is 27.5. The number of hydrogen-bond acceptors (Lipinski definition) is 4. The van der Waals surface area contributed by atoms with Crippen molar-refractivity contribution in [2.75, 3.05) is 12.9 Å². The average Bonchev–Trinajstić information content (AvgIpc) is 2.78. The van der Waals surface area contributed by atoms with E-state index in [1.54, 1.807) is 30.7 Å². The first-order valence-electron chi connectivity index (χ1n) is 10.4. The van der Waals surface area contributed by atoms with E-state index < -0.39 is 6.04 Å². The number of methoxy groups -OCH3 is 1. The molecule has 0 spiro atoms. The van der Waals surface area contributed by atoms with Crippen LogP contribution in [0.1, 0.15) is 38.3 Å². The first-order valence-corrected chi connectivity index (χ1v) is 12.3. The Morgan fingerprint density at radius 1 is 1.13 bits per heavy atom. The summed E-state index contributed by atoms with van der Waals surface area (Å²) in [7, 11) is 1.61. The maximum absolute atomic E-state index is 13.1. The molecule has 0 fully saturated rings. The van der Waals surface area contributed by atoms with E-state index in [-0.39, 0.29) is 17.9 Å². The Labute approximate surface area is 198 Å². The molecule has 31 heavy (non-hydrogen) atoms. The van der Waals surface area contributed by atoms with Gasteiger partial charge in [-0.25, -0.2) is 0 Å². The van der Waals surface area contributed by atoms with E-state index in [0.717, 1.165) is 33.5 Å². The van der Waals surface area contributed by atoms with Crippen molar-refractivity contribution in [2.24, 2.45) is 0 Å². The molecule has 7 heteroatoms. The van der Waals surface area contributed by atoms with Crippen molar-refractivity contribution in [3.8, 4) is 5.75 Å². The van der Waals surface area contributed by atoms with Crippen molar-refractivity contribution < 1.29 is 14.3 Å². The van der Waals surface area contributed by atoms with Gasteiger partial charge in [-0.05, 0) is 55.7 Å². The smallest absolute Gasteiger partial charge is 0.242 e. The van der Waals surface area contributed by atoms with Gasteiger partial charge in [-0.15, -0.1) is 11.8 Å². The minimum absolute atomic E-state index is 0.0586. The second kappa shape index (κ2) is 12.8. The molecule has 0 aliphatic rings. The van der Waals surface area contributed by atoms with Crippen LogP contribution >= 0.6 is 27.7 Å². The fraction of sp³-hybridized carbons (Fsp3) is 0.417. The summed E-state index contributed by atoms with van der Waals surface area (Å²) in [5, 5.41) is 2.99. The van der Waals surface area contributed by atoms with Gasteiger partial charge in [-0.1, -0.05) is 47.1 Å². The van der Waals surface area contributed by atoms with Crippen molar-refractivity contribution in [2.45, 2.75) is 51.6 Å². The second-order valence-corrected chi connectivity index (χ2v) is 9.39. The Balaban J connectivity index is 2.09. The Morgan fingerprint density at radius 3 is 2.48 bits per heavy atom. The molecule has 168 valence electrons. The maximum atomic E-state index is 13.1. The van der Waals surface area contributed by atoms with E-state index in [4.69, 9.17) is 4.74 Å². The lowest BCUT2D eigenvalue weighted by Gasteiger charge is -2.29. The molecular weight excluding hydrogens is 476 g/mol. The summed E-state index contributed by atoms with van der Waals surface area (Å²) in [5.41, 5.74) is 2.08. The lowest BCUT2D eigenvalue weighted by Crippen LogP contribution is -2.50. The maximum Gasteiger partial charge on any atom is 0.242 e. The van der Waals surface area contributed by atoms with Gasteiger partial charge in [0.05, 0.1) is 12.9 Å². The van der Waals surface area contributed by atoms with E-state index in [1.807, 2.05) is 62.4 Å². The van der Waals surface area contributed by atoms with Crippen LogP contribution in [0.5, 0.6) is 5.75 Å². The Kier molecular flexibility index (Phi) is 10.4. The monoisotopic (exact) mass is 506 g/mol. The zero-order valence-electron chi connectivity index (χ0n) is 18.6. The van der Waals surface area contributed by atoms with Gasteiger partial charge in [-0.3, -0.25) is 9.59 Å². The second-order valence-electron chi connectivity index (χ2n) is 7.49. The van der Waals surface area contributed by atoms with Crippen LogP contribution in [0.2, 0.25) is 0 Å². The summed E-state index contributed by atoms with van der Waals surface area (Å²) in [6.07, 6.45) is 0.839. The van der Waals surface area contributed by atoms with Crippen LogP contribution < -0.4 is 10.1 Å². The van der Waals surface area contributed by atoms with E-state index in [9.17, 15) is 9.59 Å². The highest BCUT2D eigenvalue weighted by Crippen LogP contribution is 2.19. The molecule has 5 nitrogen and oxygen atoms in total. The van der Waals surface area contributed by atoms with Crippen LogP contribution in [-0.4, -0.2) is 41.7 Å². The fourth-order valence-corrected chi connectivity index (χ4v) is 4.07. The minimum atomic E-state index is -0.569. The molecule has 0 bridgehead atoms. The third-order valence-corrected chi connectivity index (χ3v) is 6.58. The Bertz CT molecular complexity index is 860. The van der Waals surface area contributed by atoms with Crippen LogP contribution in [0.4, 0.5) is 0 Å². The Hall–Kier alpha value is -1.99. The van der Waals surface area contributed by atoms with Crippen molar-refractivity contribution in [1.29, 1.82) is 0 Å². The van der Waals surface area contributed by atoms with Crippen molar-refractivity contribution in [3.63, 3.8) is 0 Å². The highest BCUT2D eigenvalue weighted by atomic mass is 79.9. The molecular formula is C24H31BrN2O3S. The summed E-state index contributed by atoms with van der Waals surface area (Å²) in [6, 6.07) is 15.2. The van der Waals surface area contributed by atoms with Gasteiger partial charge >= 0.3 is 0 Å². The number of rotatable bonds is 11. The number of ether oxygens (including phenoxy) is 1. The van der Waals surface area contributed by atoms with Gasteiger partial charge < -0.3 is 15.0 Å². The third-order valence-electron chi connectivity index (χ3n) is 5.06. The highest BCUT2D eigenvalue weighted by molar-refractivity contribution is 9.10. The fourth-order valence-electron chi connectivity index (χ4n) is 2.94. The lowest BCUT2D eigenvalue weighted by atomic mass is 10.1. The normalized spacial score (nSPS) is 12.7. The average molecular weight is 507 g/mol. The van der Waals surface area contributed by atoms with E-state index in [1.165, 1.54) is 0 Å². The van der Waals surface area contributed by atoms with Crippen molar-refractivity contribution >= 4 is 39.5 Å². The molecule has 2 aromatic rings. The molecule has 0 aliphatic heterocycles. The molecule has 0 saturated carbocycles. The first kappa shape index (κ1) is 25.3. The number of carbonyl (C=O) groups excluding carboxylic acids is 2. The largest absolute Gasteiger partial charge is 0.497 e. The molecule has 0 heterocycles. The third kappa shape index (κ3) is 8.22. The van der Waals surface area contributed by atoms with Crippen LogP contribution in [0.25, 0.3) is 0 Å². The van der Waals surface area contributed by atoms with E-state index >= 15 is 0 Å². The predicted octanol–water partition coefficient (Wildman–Crippen LogP) is 5.02. The molecule has 0 radical (unpaired) electrons. The summed E-state index contributed by atoms with van der Waals surface area (Å²) in [6.45, 7) is 6.12. The highest BCUT2D eigenvalue weighted by Gasteiger charge is 2.26. The molecule has 0 saturated heterocycles. The number of nitrogens with one attached hydrogen (secondary N) is 1. The van der Waals surface area contributed by atoms with Gasteiger partial charge in [0.1, 0.15) is 11.8 Å². The standard InChI is InChI=1S/C24H31BrN2O3S/c1-5-17(2)26-24(29)18(3)27(14-20-7-6-8-22(13-20)30-4)23(28)16-31-15-19-9-11-21(25)12-10-19/h6-13,17-18H,5,14-16H2,1-4H3,(H,26,29)/t17-,18+/m0/s1. The zero-order valence-corrected chi connectivity index (χ0v) is 21.0. The Morgan fingerprint density at radius 2 is 1.84 bits per heavy atom. The number of amides is 2. The summed E-state index contributed by atoms with van der Waals surface area (Å²) < 4.78 is 6.33. The quantitative estimate of drug-likeness (QED) is 0.464. The molecule has 2 aromatic carbocycles. The number of nitrogens with zero attached hydrogens (tertiary/aromatic N) is 1. The number of thioether (sulfide) groups is 1. The SMILES string of the molecule is CC[C@H](C)NC(=O)[C@@H](C)N(Cc1cccc(OC)c1)C(=O)CSCc1ccc(Br)cc1.